The molecule has 2 aromatic rings. The summed E-state index contributed by atoms with van der Waals surface area (Å²) in [5, 5.41) is 3.27. The number of nitrogens with zero attached hydrogens (tertiary/aromatic N) is 2. The molecule has 128 valence electrons. The van der Waals surface area contributed by atoms with Crippen LogP contribution in [0.1, 0.15) is 21.7 Å². The molecule has 1 aromatic carbocycles. The van der Waals surface area contributed by atoms with Crippen molar-refractivity contribution >= 4 is 32.4 Å². The third-order valence-electron chi connectivity index (χ3n) is 4.19. The highest BCUT2D eigenvalue weighted by atomic mass is 32.2. The zero-order valence-corrected chi connectivity index (χ0v) is 15.4. The van der Waals surface area contributed by atoms with Gasteiger partial charge in [0.25, 0.3) is 0 Å². The van der Waals surface area contributed by atoms with Gasteiger partial charge in [-0.25, -0.2) is 13.4 Å². The first-order chi connectivity index (χ1) is 11.3. The normalized spacial score (nSPS) is 18.2. The number of sulfonamides is 1. The van der Waals surface area contributed by atoms with Crippen molar-refractivity contribution in [3.8, 4) is 0 Å². The van der Waals surface area contributed by atoms with Crippen LogP contribution in [0.2, 0.25) is 0 Å². The smallest absolute Gasteiger partial charge is 0.244 e. The highest BCUT2D eigenvalue weighted by molar-refractivity contribution is 7.88. The van der Waals surface area contributed by atoms with Gasteiger partial charge in [-0.1, -0.05) is 24.3 Å². The number of aromatic nitrogens is 1. The largest absolute Gasteiger partial charge is 0.301 e. The molecule has 0 saturated carbocycles. The van der Waals surface area contributed by atoms with Crippen LogP contribution in [0.15, 0.2) is 24.3 Å². The van der Waals surface area contributed by atoms with Crippen molar-refractivity contribution < 1.29 is 13.2 Å². The second-order valence-electron chi connectivity index (χ2n) is 5.95. The molecule has 6 nitrogen and oxygen atoms in total. The van der Waals surface area contributed by atoms with E-state index in [9.17, 15) is 13.2 Å². The van der Waals surface area contributed by atoms with Crippen molar-refractivity contribution in [2.45, 2.75) is 32.9 Å². The molecule has 1 N–H and O–H groups in total. The van der Waals surface area contributed by atoms with Crippen LogP contribution in [0.3, 0.4) is 0 Å². The van der Waals surface area contributed by atoms with Crippen LogP contribution >= 0.6 is 11.3 Å². The predicted octanol–water partition coefficient (Wildman–Crippen LogP) is 2.08. The van der Waals surface area contributed by atoms with Crippen molar-refractivity contribution in [3.05, 3.63) is 46.0 Å². The Balaban J connectivity index is 1.90. The van der Waals surface area contributed by atoms with Crippen LogP contribution in [0.4, 0.5) is 5.13 Å². The number of hydrogen-bond donors (Lipinski definition) is 1. The van der Waals surface area contributed by atoms with Crippen LogP contribution in [0, 0.1) is 13.8 Å². The van der Waals surface area contributed by atoms with E-state index >= 15 is 0 Å². The topological polar surface area (TPSA) is 79.4 Å². The van der Waals surface area contributed by atoms with E-state index in [0.29, 0.717) is 11.6 Å². The van der Waals surface area contributed by atoms with E-state index in [2.05, 4.69) is 10.3 Å². The minimum absolute atomic E-state index is 0.211. The highest BCUT2D eigenvalue weighted by Crippen LogP contribution is 2.27. The molecule has 1 atom stereocenters. The summed E-state index contributed by atoms with van der Waals surface area (Å²) in [5.74, 6) is -0.344. The Morgan fingerprint density at radius 3 is 2.54 bits per heavy atom. The molecule has 0 fully saturated rings. The Hall–Kier alpha value is -1.77. The van der Waals surface area contributed by atoms with E-state index in [1.807, 2.05) is 38.1 Å². The molecule has 1 aromatic heterocycles. The Labute approximate surface area is 145 Å². The maximum atomic E-state index is 12.7. The Kier molecular flexibility index (Phi) is 4.46. The first kappa shape index (κ1) is 17.1. The number of thiazole rings is 1. The fourth-order valence-electron chi connectivity index (χ4n) is 2.79. The molecule has 3 rings (SSSR count). The predicted molar refractivity (Wildman–Crippen MR) is 94.5 cm³/mol. The number of rotatable bonds is 3. The fraction of sp³-hybridized carbons (Fsp3) is 0.375. The molecule has 8 heteroatoms. The van der Waals surface area contributed by atoms with Crippen molar-refractivity contribution in [3.63, 3.8) is 0 Å². The van der Waals surface area contributed by atoms with Gasteiger partial charge in [-0.3, -0.25) is 4.79 Å². The lowest BCUT2D eigenvalue weighted by Crippen LogP contribution is -2.50. The number of anilines is 1. The first-order valence-corrected chi connectivity index (χ1v) is 10.2. The maximum absolute atomic E-state index is 12.7. The third-order valence-corrected chi connectivity index (χ3v) is 6.42. The number of carbonyl (C=O) groups excluding carboxylic acids is 1. The second-order valence-corrected chi connectivity index (χ2v) is 9.08. The van der Waals surface area contributed by atoms with Gasteiger partial charge in [0.15, 0.2) is 5.13 Å². The van der Waals surface area contributed by atoms with Crippen LogP contribution < -0.4 is 5.32 Å². The molecule has 2 heterocycles. The molecule has 1 aliphatic rings. The van der Waals surface area contributed by atoms with Gasteiger partial charge in [-0.05, 0) is 31.4 Å². The summed E-state index contributed by atoms with van der Waals surface area (Å²) in [6.45, 7) is 4.02. The summed E-state index contributed by atoms with van der Waals surface area (Å²) in [4.78, 5) is 18.0. The summed E-state index contributed by atoms with van der Waals surface area (Å²) in [6, 6.07) is 6.85. The number of fused-ring (bicyclic) bond motifs is 1. The fourth-order valence-corrected chi connectivity index (χ4v) is 4.61. The summed E-state index contributed by atoms with van der Waals surface area (Å²) in [6.07, 6.45) is 1.50. The molecule has 24 heavy (non-hydrogen) atoms. The molecule has 0 bridgehead atoms. The average Bonchev–Trinajstić information content (AvgIpc) is 2.83. The van der Waals surface area contributed by atoms with Crippen LogP contribution in [-0.4, -0.2) is 35.9 Å². The van der Waals surface area contributed by atoms with Gasteiger partial charge in [-0.2, -0.15) is 4.31 Å². The summed E-state index contributed by atoms with van der Waals surface area (Å²) in [7, 11) is -3.50. The molecule has 0 aliphatic carbocycles. The lowest BCUT2D eigenvalue weighted by atomic mass is 9.95. The van der Waals surface area contributed by atoms with E-state index < -0.39 is 16.1 Å². The number of benzene rings is 1. The minimum atomic E-state index is -3.50. The third kappa shape index (κ3) is 3.35. The number of amides is 1. The second kappa shape index (κ2) is 6.27. The Morgan fingerprint density at radius 1 is 1.29 bits per heavy atom. The van der Waals surface area contributed by atoms with Crippen LogP contribution in [0.25, 0.3) is 0 Å². The molecular weight excluding hydrogens is 346 g/mol. The molecule has 1 aliphatic heterocycles. The molecule has 0 saturated heterocycles. The van der Waals surface area contributed by atoms with E-state index in [0.717, 1.165) is 28.0 Å². The summed E-state index contributed by atoms with van der Waals surface area (Å²) < 4.78 is 25.6. The van der Waals surface area contributed by atoms with Gasteiger partial charge in [-0.15, -0.1) is 11.3 Å². The number of nitrogens with one attached hydrogen (secondary N) is 1. The van der Waals surface area contributed by atoms with Crippen molar-refractivity contribution in [1.29, 1.82) is 0 Å². The number of hydrogen-bond acceptors (Lipinski definition) is 5. The zero-order chi connectivity index (χ0) is 17.5. The van der Waals surface area contributed by atoms with Crippen LogP contribution in [-0.2, 0) is 27.8 Å². The maximum Gasteiger partial charge on any atom is 0.244 e. The lowest BCUT2D eigenvalue weighted by molar-refractivity contribution is -0.120. The molecular formula is C16H19N3O3S2. The van der Waals surface area contributed by atoms with Crippen molar-refractivity contribution in [2.24, 2.45) is 0 Å². The molecule has 1 amide bonds. The minimum Gasteiger partial charge on any atom is -0.301 e. The quantitative estimate of drug-likeness (QED) is 0.903. The molecule has 0 radical (unpaired) electrons. The lowest BCUT2D eigenvalue weighted by Gasteiger charge is -2.33. The summed E-state index contributed by atoms with van der Waals surface area (Å²) >= 11 is 1.39. The van der Waals surface area contributed by atoms with E-state index in [1.54, 1.807) is 0 Å². The Morgan fingerprint density at radius 2 is 1.96 bits per heavy atom. The van der Waals surface area contributed by atoms with Gasteiger partial charge in [0.05, 0.1) is 11.9 Å². The highest BCUT2D eigenvalue weighted by Gasteiger charge is 2.37. The van der Waals surface area contributed by atoms with E-state index in [1.165, 1.54) is 15.6 Å². The van der Waals surface area contributed by atoms with E-state index in [-0.39, 0.29) is 12.5 Å². The first-order valence-electron chi connectivity index (χ1n) is 7.54. The number of aryl methyl sites for hydroxylation is 2. The number of carbonyl (C=O) groups is 1. The van der Waals surface area contributed by atoms with Crippen molar-refractivity contribution in [1.82, 2.24) is 9.29 Å². The van der Waals surface area contributed by atoms with Gasteiger partial charge in [0.1, 0.15) is 6.04 Å². The van der Waals surface area contributed by atoms with E-state index in [4.69, 9.17) is 0 Å². The zero-order valence-electron chi connectivity index (χ0n) is 13.7. The van der Waals surface area contributed by atoms with Gasteiger partial charge in [0.2, 0.25) is 15.9 Å². The van der Waals surface area contributed by atoms with Gasteiger partial charge >= 0.3 is 0 Å². The van der Waals surface area contributed by atoms with Crippen molar-refractivity contribution in [2.75, 3.05) is 11.6 Å². The molecule has 1 unspecified atom stereocenters. The van der Waals surface area contributed by atoms with Crippen LogP contribution in [0.5, 0.6) is 0 Å². The molecule has 0 spiro atoms. The van der Waals surface area contributed by atoms with Gasteiger partial charge in [0, 0.05) is 11.4 Å². The SMILES string of the molecule is Cc1nc(NC(=O)C2Cc3ccccc3CN2S(C)(=O)=O)sc1C. The standard InChI is InChI=1S/C16H19N3O3S2/c1-10-11(2)23-16(17-10)18-15(20)14-8-12-6-4-5-7-13(12)9-19(14)24(3,21)22/h4-7,14H,8-9H2,1-3H3,(H,17,18,20). The monoisotopic (exact) mass is 365 g/mol. The van der Waals surface area contributed by atoms with Gasteiger partial charge < -0.3 is 5.32 Å². The Bertz CT molecular complexity index is 870. The average molecular weight is 365 g/mol. The summed E-state index contributed by atoms with van der Waals surface area (Å²) in [5.41, 5.74) is 2.81.